The fourth-order valence-electron chi connectivity index (χ4n) is 3.41. The van der Waals surface area contributed by atoms with Gasteiger partial charge in [0.2, 0.25) is 10.0 Å². The van der Waals surface area contributed by atoms with Gasteiger partial charge in [0.15, 0.2) is 0 Å². The second-order valence-electron chi connectivity index (χ2n) is 6.93. The van der Waals surface area contributed by atoms with Crippen LogP contribution in [0.5, 0.6) is 5.75 Å². The molecule has 1 heterocycles. The Bertz CT molecular complexity index is 990. The summed E-state index contributed by atoms with van der Waals surface area (Å²) in [6, 6.07) is 11.0. The third-order valence-electron chi connectivity index (χ3n) is 5.03. The van der Waals surface area contributed by atoms with Crippen LogP contribution in [0, 0.1) is 11.7 Å². The van der Waals surface area contributed by atoms with Gasteiger partial charge in [0.05, 0.1) is 17.1 Å². The first-order valence-corrected chi connectivity index (χ1v) is 11.1. The Hall–Kier alpha value is -2.45. The van der Waals surface area contributed by atoms with Crippen molar-refractivity contribution in [3.05, 3.63) is 59.4 Å². The van der Waals surface area contributed by atoms with E-state index in [2.05, 4.69) is 5.32 Å². The number of para-hydroxylation sites is 1. The summed E-state index contributed by atoms with van der Waals surface area (Å²) in [6.45, 7) is 4.79. The van der Waals surface area contributed by atoms with Crippen molar-refractivity contribution in [3.8, 4) is 5.75 Å². The summed E-state index contributed by atoms with van der Waals surface area (Å²) in [4.78, 5) is 12.4. The highest BCUT2D eigenvalue weighted by Gasteiger charge is 2.25. The molecule has 0 radical (unpaired) electrons. The minimum atomic E-state index is -3.78. The van der Waals surface area contributed by atoms with Gasteiger partial charge in [-0.1, -0.05) is 32.0 Å². The summed E-state index contributed by atoms with van der Waals surface area (Å²) in [6.07, 6.45) is 0.745. The van der Waals surface area contributed by atoms with E-state index in [4.69, 9.17) is 4.74 Å². The zero-order chi connectivity index (χ0) is 21.0. The molecular formula is C21H25FN2O4S. The maximum absolute atomic E-state index is 14.2. The van der Waals surface area contributed by atoms with Crippen LogP contribution >= 0.6 is 0 Å². The minimum Gasteiger partial charge on any atom is -0.493 e. The van der Waals surface area contributed by atoms with E-state index < -0.39 is 21.7 Å². The molecule has 0 spiro atoms. The average Bonchev–Trinajstić information content (AvgIpc) is 2.72. The molecule has 0 fully saturated rings. The van der Waals surface area contributed by atoms with Gasteiger partial charge in [-0.25, -0.2) is 12.8 Å². The van der Waals surface area contributed by atoms with Gasteiger partial charge in [-0.15, -0.1) is 0 Å². The standard InChI is InChI=1S/C21H25FN2O4S/c1-3-24(4-2)29(26,27)17-9-10-19(22)18(12-17)21(25)23-13-15-11-16-7-5-6-8-20(16)28-14-15/h5-10,12,15H,3-4,11,13-14H2,1-2H3,(H,23,25). The molecule has 8 heteroatoms. The lowest BCUT2D eigenvalue weighted by Gasteiger charge is -2.25. The van der Waals surface area contributed by atoms with Crippen LogP contribution in [0.3, 0.4) is 0 Å². The van der Waals surface area contributed by atoms with Gasteiger partial charge in [0.1, 0.15) is 11.6 Å². The first kappa shape index (κ1) is 21.3. The molecule has 156 valence electrons. The van der Waals surface area contributed by atoms with Crippen molar-refractivity contribution in [1.29, 1.82) is 0 Å². The first-order valence-electron chi connectivity index (χ1n) is 9.65. The lowest BCUT2D eigenvalue weighted by molar-refractivity contribution is 0.0934. The Morgan fingerprint density at radius 3 is 2.66 bits per heavy atom. The number of fused-ring (bicyclic) bond motifs is 1. The Morgan fingerprint density at radius 2 is 1.93 bits per heavy atom. The maximum Gasteiger partial charge on any atom is 0.254 e. The summed E-state index contributed by atoms with van der Waals surface area (Å²) in [5.74, 6) is -0.501. The van der Waals surface area contributed by atoms with Crippen molar-refractivity contribution in [2.24, 2.45) is 5.92 Å². The fourth-order valence-corrected chi connectivity index (χ4v) is 4.89. The van der Waals surface area contributed by atoms with Gasteiger partial charge < -0.3 is 10.1 Å². The molecule has 6 nitrogen and oxygen atoms in total. The van der Waals surface area contributed by atoms with Crippen LogP contribution in [0.1, 0.15) is 29.8 Å². The zero-order valence-corrected chi connectivity index (χ0v) is 17.3. The topological polar surface area (TPSA) is 75.7 Å². The van der Waals surface area contributed by atoms with Gasteiger partial charge in [0, 0.05) is 25.6 Å². The van der Waals surface area contributed by atoms with Gasteiger partial charge >= 0.3 is 0 Å². The number of carbonyl (C=O) groups excluding carboxylic acids is 1. The normalized spacial score (nSPS) is 16.2. The lowest BCUT2D eigenvalue weighted by Crippen LogP contribution is -2.35. The molecule has 2 aromatic carbocycles. The number of nitrogens with zero attached hydrogens (tertiary/aromatic N) is 1. The summed E-state index contributed by atoms with van der Waals surface area (Å²) in [5.41, 5.74) is 0.784. The van der Waals surface area contributed by atoms with Crippen molar-refractivity contribution in [3.63, 3.8) is 0 Å². The van der Waals surface area contributed by atoms with Crippen molar-refractivity contribution in [1.82, 2.24) is 9.62 Å². The van der Waals surface area contributed by atoms with Crippen LogP contribution in [0.25, 0.3) is 0 Å². The van der Waals surface area contributed by atoms with E-state index >= 15 is 0 Å². The number of amides is 1. The molecule has 0 saturated carbocycles. The molecule has 2 aromatic rings. The Morgan fingerprint density at radius 1 is 1.21 bits per heavy atom. The predicted octanol–water partition coefficient (Wildman–Crippen LogP) is 2.84. The van der Waals surface area contributed by atoms with E-state index in [0.29, 0.717) is 26.2 Å². The lowest BCUT2D eigenvalue weighted by atomic mass is 9.96. The highest BCUT2D eigenvalue weighted by molar-refractivity contribution is 7.89. The van der Waals surface area contributed by atoms with E-state index in [1.807, 2.05) is 24.3 Å². The van der Waals surface area contributed by atoms with Crippen molar-refractivity contribution in [2.75, 3.05) is 26.2 Å². The molecule has 1 atom stereocenters. The number of rotatable bonds is 7. The second-order valence-corrected chi connectivity index (χ2v) is 8.87. The molecule has 0 aliphatic carbocycles. The SMILES string of the molecule is CCN(CC)S(=O)(=O)c1ccc(F)c(C(=O)NCC2COc3ccccc3C2)c1. The summed E-state index contributed by atoms with van der Waals surface area (Å²) in [7, 11) is -3.78. The van der Waals surface area contributed by atoms with Crippen LogP contribution in [0.15, 0.2) is 47.4 Å². The summed E-state index contributed by atoms with van der Waals surface area (Å²) >= 11 is 0. The molecule has 29 heavy (non-hydrogen) atoms. The van der Waals surface area contributed by atoms with Crippen LogP contribution in [-0.2, 0) is 16.4 Å². The van der Waals surface area contributed by atoms with Crippen LogP contribution in [0.4, 0.5) is 4.39 Å². The average molecular weight is 421 g/mol. The van der Waals surface area contributed by atoms with E-state index in [-0.39, 0.29) is 16.4 Å². The van der Waals surface area contributed by atoms with Crippen molar-refractivity contribution in [2.45, 2.75) is 25.2 Å². The number of ether oxygens (including phenoxy) is 1. The van der Waals surface area contributed by atoms with Crippen LogP contribution in [-0.4, -0.2) is 44.9 Å². The van der Waals surface area contributed by atoms with Crippen LogP contribution in [0.2, 0.25) is 0 Å². The summed E-state index contributed by atoms with van der Waals surface area (Å²) < 4.78 is 46.5. The number of sulfonamides is 1. The number of hydrogen-bond donors (Lipinski definition) is 1. The summed E-state index contributed by atoms with van der Waals surface area (Å²) in [5, 5.41) is 2.71. The van der Waals surface area contributed by atoms with Gasteiger partial charge in [-0.05, 0) is 36.2 Å². The monoisotopic (exact) mass is 420 g/mol. The number of benzene rings is 2. The molecule has 1 unspecified atom stereocenters. The molecular weight excluding hydrogens is 395 g/mol. The van der Waals surface area contributed by atoms with Crippen molar-refractivity contribution >= 4 is 15.9 Å². The highest BCUT2D eigenvalue weighted by atomic mass is 32.2. The molecule has 1 aliphatic rings. The molecule has 0 saturated heterocycles. The quantitative estimate of drug-likeness (QED) is 0.747. The smallest absolute Gasteiger partial charge is 0.254 e. The highest BCUT2D eigenvalue weighted by Crippen LogP contribution is 2.26. The number of nitrogens with one attached hydrogen (secondary N) is 1. The third-order valence-corrected chi connectivity index (χ3v) is 7.08. The van der Waals surface area contributed by atoms with Gasteiger partial charge in [-0.3, -0.25) is 4.79 Å². The third kappa shape index (κ3) is 4.59. The van der Waals surface area contributed by atoms with Gasteiger partial charge in [0.25, 0.3) is 5.91 Å². The number of carbonyl (C=O) groups is 1. The van der Waals surface area contributed by atoms with E-state index in [1.54, 1.807) is 13.8 Å². The number of halogens is 1. The van der Waals surface area contributed by atoms with E-state index in [9.17, 15) is 17.6 Å². The molecule has 1 aliphatic heterocycles. The Balaban J connectivity index is 1.71. The molecule has 0 bridgehead atoms. The van der Waals surface area contributed by atoms with Gasteiger partial charge in [-0.2, -0.15) is 4.31 Å². The first-order chi connectivity index (χ1) is 13.9. The van der Waals surface area contributed by atoms with Crippen LogP contribution < -0.4 is 10.1 Å². The molecule has 3 rings (SSSR count). The number of hydrogen-bond acceptors (Lipinski definition) is 4. The van der Waals surface area contributed by atoms with Crippen molar-refractivity contribution < 1.29 is 22.3 Å². The van der Waals surface area contributed by atoms with E-state index in [1.165, 1.54) is 10.4 Å². The second kappa shape index (κ2) is 8.92. The Kier molecular flexibility index (Phi) is 6.54. The molecule has 0 aromatic heterocycles. The zero-order valence-electron chi connectivity index (χ0n) is 16.5. The maximum atomic E-state index is 14.2. The predicted molar refractivity (Wildman–Crippen MR) is 108 cm³/mol. The largest absolute Gasteiger partial charge is 0.493 e. The fraction of sp³-hybridized carbons (Fsp3) is 0.381. The molecule has 1 amide bonds. The Labute approximate surface area is 170 Å². The van der Waals surface area contributed by atoms with E-state index in [0.717, 1.165) is 29.9 Å². The molecule has 1 N–H and O–H groups in total. The minimum absolute atomic E-state index is 0.0551.